The maximum atomic E-state index is 13.0. The molecule has 0 unspecified atom stereocenters. The van der Waals surface area contributed by atoms with Crippen molar-refractivity contribution in [1.82, 2.24) is 0 Å². The Morgan fingerprint density at radius 3 is 2.50 bits per heavy atom. The number of nitrogens with zero attached hydrogens (tertiary/aromatic N) is 1. The fraction of sp³-hybridized carbons (Fsp3) is 0.0714. The van der Waals surface area contributed by atoms with Gasteiger partial charge in [0.15, 0.2) is 0 Å². The van der Waals surface area contributed by atoms with Gasteiger partial charge in [0.25, 0.3) is 0 Å². The van der Waals surface area contributed by atoms with Crippen LogP contribution in [0.15, 0.2) is 30.3 Å². The van der Waals surface area contributed by atoms with Gasteiger partial charge in [-0.15, -0.1) is 0 Å². The van der Waals surface area contributed by atoms with Crippen LogP contribution in [-0.4, -0.2) is 0 Å². The second-order valence-corrected chi connectivity index (χ2v) is 5.17. The third-order valence-electron chi connectivity index (χ3n) is 2.70. The number of halogens is 4. The van der Waals surface area contributed by atoms with Gasteiger partial charge in [0.05, 0.1) is 21.3 Å². The maximum absolute atomic E-state index is 13.0. The molecule has 0 heterocycles. The summed E-state index contributed by atoms with van der Waals surface area (Å²) in [6.07, 6.45) is 0. The van der Waals surface area contributed by atoms with Gasteiger partial charge in [-0.1, -0.05) is 34.8 Å². The molecule has 0 bridgehead atoms. The molecule has 0 saturated carbocycles. The fourth-order valence-electron chi connectivity index (χ4n) is 1.68. The Hall–Kier alpha value is -1.47. The van der Waals surface area contributed by atoms with Crippen LogP contribution in [0.5, 0.6) is 0 Å². The molecule has 0 atom stereocenters. The lowest BCUT2D eigenvalue weighted by molar-refractivity contribution is 0.627. The lowest BCUT2D eigenvalue weighted by atomic mass is 10.1. The topological polar surface area (TPSA) is 35.8 Å². The summed E-state index contributed by atoms with van der Waals surface area (Å²) >= 11 is 18.1. The van der Waals surface area contributed by atoms with Crippen molar-refractivity contribution in [3.8, 4) is 6.07 Å². The number of hydrogen-bond donors (Lipinski definition) is 1. The highest BCUT2D eigenvalue weighted by molar-refractivity contribution is 6.44. The molecule has 102 valence electrons. The summed E-state index contributed by atoms with van der Waals surface area (Å²) in [7, 11) is 0. The van der Waals surface area contributed by atoms with Gasteiger partial charge >= 0.3 is 0 Å². The Morgan fingerprint density at radius 1 is 1.10 bits per heavy atom. The first-order chi connectivity index (χ1) is 9.52. The van der Waals surface area contributed by atoms with E-state index < -0.39 is 5.82 Å². The molecule has 0 saturated heterocycles. The highest BCUT2D eigenvalue weighted by Gasteiger charge is 2.10. The standard InChI is InChI=1S/C14H8Cl3FN2/c15-11-2-3-12(16)14(17)10(11)7-20-13-4-1-9(18)5-8(13)6-19/h1-5,20H,7H2. The monoisotopic (exact) mass is 328 g/mol. The van der Waals surface area contributed by atoms with Crippen LogP contribution in [0, 0.1) is 17.1 Å². The molecule has 0 radical (unpaired) electrons. The first-order valence-electron chi connectivity index (χ1n) is 5.59. The molecule has 0 aliphatic heterocycles. The van der Waals surface area contributed by atoms with Gasteiger partial charge in [0.1, 0.15) is 11.9 Å². The quantitative estimate of drug-likeness (QED) is 0.779. The third kappa shape index (κ3) is 3.16. The van der Waals surface area contributed by atoms with Gasteiger partial charge in [-0.2, -0.15) is 5.26 Å². The predicted octanol–water partition coefficient (Wildman–Crippen LogP) is 5.27. The van der Waals surface area contributed by atoms with Crippen LogP contribution in [0.4, 0.5) is 10.1 Å². The van der Waals surface area contributed by atoms with Gasteiger partial charge < -0.3 is 5.32 Å². The molecular formula is C14H8Cl3FN2. The zero-order valence-corrected chi connectivity index (χ0v) is 12.3. The van der Waals surface area contributed by atoms with Crippen molar-refractivity contribution in [2.75, 3.05) is 5.32 Å². The van der Waals surface area contributed by atoms with Crippen molar-refractivity contribution >= 4 is 40.5 Å². The lowest BCUT2D eigenvalue weighted by Crippen LogP contribution is -2.03. The molecule has 0 amide bonds. The van der Waals surface area contributed by atoms with E-state index in [0.717, 1.165) is 6.07 Å². The van der Waals surface area contributed by atoms with Gasteiger partial charge in [0.2, 0.25) is 0 Å². The smallest absolute Gasteiger partial charge is 0.124 e. The lowest BCUT2D eigenvalue weighted by Gasteiger charge is -2.12. The van der Waals surface area contributed by atoms with E-state index in [9.17, 15) is 4.39 Å². The molecular weight excluding hydrogens is 322 g/mol. The number of nitriles is 1. The van der Waals surface area contributed by atoms with Crippen molar-refractivity contribution in [3.05, 3.63) is 62.3 Å². The van der Waals surface area contributed by atoms with E-state index in [2.05, 4.69) is 5.32 Å². The van der Waals surface area contributed by atoms with Crippen molar-refractivity contribution in [1.29, 1.82) is 5.26 Å². The highest BCUT2D eigenvalue weighted by atomic mass is 35.5. The van der Waals surface area contributed by atoms with Gasteiger partial charge in [-0.05, 0) is 30.3 Å². The van der Waals surface area contributed by atoms with Gasteiger partial charge in [0, 0.05) is 17.1 Å². The van der Waals surface area contributed by atoms with E-state index in [1.54, 1.807) is 12.1 Å². The van der Waals surface area contributed by atoms with Gasteiger partial charge in [-0.25, -0.2) is 4.39 Å². The molecule has 2 nitrogen and oxygen atoms in total. The van der Waals surface area contributed by atoms with Crippen LogP contribution in [-0.2, 0) is 6.54 Å². The Labute approximate surface area is 130 Å². The van der Waals surface area contributed by atoms with E-state index >= 15 is 0 Å². The van der Waals surface area contributed by atoms with Crippen LogP contribution in [0.1, 0.15) is 11.1 Å². The van der Waals surface area contributed by atoms with Crippen LogP contribution < -0.4 is 5.32 Å². The molecule has 2 aromatic rings. The molecule has 0 aliphatic rings. The summed E-state index contributed by atoms with van der Waals surface area (Å²) in [6, 6.07) is 9.08. The van der Waals surface area contributed by atoms with E-state index in [1.165, 1.54) is 12.1 Å². The number of rotatable bonds is 3. The molecule has 0 aromatic heterocycles. The van der Waals surface area contributed by atoms with Crippen molar-refractivity contribution in [2.24, 2.45) is 0 Å². The summed E-state index contributed by atoms with van der Waals surface area (Å²) in [6.45, 7) is 0.276. The number of benzene rings is 2. The second kappa shape index (κ2) is 6.32. The van der Waals surface area contributed by atoms with Crippen molar-refractivity contribution < 1.29 is 4.39 Å². The summed E-state index contributed by atoms with van der Waals surface area (Å²) in [5.41, 5.74) is 1.33. The molecule has 0 aliphatic carbocycles. The predicted molar refractivity (Wildman–Crippen MR) is 79.9 cm³/mol. The highest BCUT2D eigenvalue weighted by Crippen LogP contribution is 2.32. The minimum absolute atomic E-state index is 0.208. The minimum Gasteiger partial charge on any atom is -0.380 e. The summed E-state index contributed by atoms with van der Waals surface area (Å²) in [5, 5.41) is 13.2. The molecule has 20 heavy (non-hydrogen) atoms. The largest absolute Gasteiger partial charge is 0.380 e. The van der Waals surface area contributed by atoms with E-state index in [-0.39, 0.29) is 12.1 Å². The molecule has 0 fully saturated rings. The number of nitrogens with one attached hydrogen (secondary N) is 1. The molecule has 0 spiro atoms. The SMILES string of the molecule is N#Cc1cc(F)ccc1NCc1c(Cl)ccc(Cl)c1Cl. The minimum atomic E-state index is -0.467. The average molecular weight is 330 g/mol. The van der Waals surface area contributed by atoms with Crippen LogP contribution in [0.2, 0.25) is 15.1 Å². The average Bonchev–Trinajstić information content (AvgIpc) is 2.44. The maximum Gasteiger partial charge on any atom is 0.124 e. The number of hydrogen-bond acceptors (Lipinski definition) is 2. The summed E-state index contributed by atoms with van der Waals surface area (Å²) in [4.78, 5) is 0. The van der Waals surface area contributed by atoms with Crippen LogP contribution >= 0.6 is 34.8 Å². The third-order valence-corrected chi connectivity index (χ3v) is 3.89. The zero-order chi connectivity index (χ0) is 14.7. The van der Waals surface area contributed by atoms with Gasteiger partial charge in [-0.3, -0.25) is 0 Å². The first kappa shape index (κ1) is 14.9. The summed E-state index contributed by atoms with van der Waals surface area (Å²) in [5.74, 6) is -0.467. The number of anilines is 1. The van der Waals surface area contributed by atoms with E-state index in [0.29, 0.717) is 26.3 Å². The Kier molecular flexibility index (Phi) is 4.72. The zero-order valence-electron chi connectivity index (χ0n) is 10.1. The van der Waals surface area contributed by atoms with Crippen molar-refractivity contribution in [3.63, 3.8) is 0 Å². The fourth-order valence-corrected chi connectivity index (χ4v) is 2.36. The molecule has 6 heteroatoms. The van der Waals surface area contributed by atoms with Crippen molar-refractivity contribution in [2.45, 2.75) is 6.54 Å². The van der Waals surface area contributed by atoms with Crippen LogP contribution in [0.25, 0.3) is 0 Å². The first-order valence-corrected chi connectivity index (χ1v) is 6.72. The Morgan fingerprint density at radius 2 is 1.80 bits per heavy atom. The molecule has 2 aromatic carbocycles. The molecule has 2 rings (SSSR count). The second-order valence-electron chi connectivity index (χ2n) is 3.98. The molecule has 1 N–H and O–H groups in total. The Bertz CT molecular complexity index is 696. The normalized spacial score (nSPS) is 10.2. The van der Waals surface area contributed by atoms with E-state index in [1.807, 2.05) is 6.07 Å². The van der Waals surface area contributed by atoms with Crippen LogP contribution in [0.3, 0.4) is 0 Å². The van der Waals surface area contributed by atoms with E-state index in [4.69, 9.17) is 40.1 Å². The summed E-state index contributed by atoms with van der Waals surface area (Å²) < 4.78 is 13.0. The Balaban J connectivity index is 2.26.